The summed E-state index contributed by atoms with van der Waals surface area (Å²) in [7, 11) is 3.68. The van der Waals surface area contributed by atoms with Crippen LogP contribution in [-0.2, 0) is 16.1 Å². The minimum absolute atomic E-state index is 0.0628. The van der Waals surface area contributed by atoms with Crippen molar-refractivity contribution in [2.75, 3.05) is 33.7 Å². The molecule has 7 nitrogen and oxygen atoms in total. The third-order valence-corrected chi connectivity index (χ3v) is 3.73. The van der Waals surface area contributed by atoms with Crippen LogP contribution in [0.15, 0.2) is 10.6 Å². The minimum Gasteiger partial charge on any atom is -0.361 e. The lowest BCUT2D eigenvalue weighted by Crippen LogP contribution is -2.59. The van der Waals surface area contributed by atoms with Crippen LogP contribution in [0, 0.1) is 6.92 Å². The maximum atomic E-state index is 12.6. The highest BCUT2D eigenvalue weighted by Crippen LogP contribution is 2.13. The Kier molecular flexibility index (Phi) is 4.62. The van der Waals surface area contributed by atoms with E-state index in [1.165, 1.54) is 6.92 Å². The van der Waals surface area contributed by atoms with E-state index in [1.54, 1.807) is 22.9 Å². The van der Waals surface area contributed by atoms with Crippen LogP contribution in [0.4, 0.5) is 0 Å². The van der Waals surface area contributed by atoms with Gasteiger partial charge in [0.2, 0.25) is 11.8 Å². The second kappa shape index (κ2) is 6.26. The van der Waals surface area contributed by atoms with E-state index >= 15 is 0 Å². The Balaban J connectivity index is 2.06. The molecule has 2 amide bonds. The van der Waals surface area contributed by atoms with Gasteiger partial charge >= 0.3 is 0 Å². The van der Waals surface area contributed by atoms with Gasteiger partial charge in [0.1, 0.15) is 17.5 Å². The molecule has 0 radical (unpaired) electrons. The molecule has 1 aromatic heterocycles. The Labute approximate surface area is 124 Å². The highest BCUT2D eigenvalue weighted by atomic mass is 16.5. The van der Waals surface area contributed by atoms with E-state index in [9.17, 15) is 9.59 Å². The van der Waals surface area contributed by atoms with E-state index in [1.807, 2.05) is 14.0 Å². The fourth-order valence-electron chi connectivity index (χ4n) is 2.58. The van der Waals surface area contributed by atoms with Gasteiger partial charge in [-0.3, -0.25) is 9.59 Å². The summed E-state index contributed by atoms with van der Waals surface area (Å²) >= 11 is 0. The molecule has 0 spiro atoms. The number of hydrogen-bond acceptors (Lipinski definition) is 5. The summed E-state index contributed by atoms with van der Waals surface area (Å²) in [5.74, 6) is 0.582. The van der Waals surface area contributed by atoms with Crippen molar-refractivity contribution in [3.63, 3.8) is 0 Å². The van der Waals surface area contributed by atoms with Gasteiger partial charge < -0.3 is 19.2 Å². The number of likely N-dealkylation sites (N-methyl/N-ethyl adjacent to an activating group) is 2. The molecule has 1 aromatic rings. The first-order valence-electron chi connectivity index (χ1n) is 7.01. The molecule has 1 fully saturated rings. The molecule has 2 heterocycles. The van der Waals surface area contributed by atoms with Crippen molar-refractivity contribution in [2.24, 2.45) is 0 Å². The molecule has 0 N–H and O–H groups in total. The molecule has 21 heavy (non-hydrogen) atoms. The summed E-state index contributed by atoms with van der Waals surface area (Å²) in [4.78, 5) is 29.6. The Morgan fingerprint density at radius 1 is 1.48 bits per heavy atom. The number of aromatic nitrogens is 1. The van der Waals surface area contributed by atoms with Gasteiger partial charge in [-0.05, 0) is 14.0 Å². The van der Waals surface area contributed by atoms with Crippen LogP contribution < -0.4 is 0 Å². The highest BCUT2D eigenvalue weighted by molar-refractivity contribution is 5.87. The lowest BCUT2D eigenvalue weighted by molar-refractivity contribution is -0.147. The normalized spacial score (nSPS) is 19.6. The first kappa shape index (κ1) is 15.5. The van der Waals surface area contributed by atoms with Gasteiger partial charge in [0.25, 0.3) is 0 Å². The predicted octanol–water partition coefficient (Wildman–Crippen LogP) is 0.104. The van der Waals surface area contributed by atoms with Crippen LogP contribution in [0.25, 0.3) is 0 Å². The van der Waals surface area contributed by atoms with Crippen molar-refractivity contribution in [1.29, 1.82) is 0 Å². The van der Waals surface area contributed by atoms with E-state index in [0.717, 1.165) is 6.54 Å². The van der Waals surface area contributed by atoms with Crippen LogP contribution in [-0.4, -0.2) is 71.4 Å². The van der Waals surface area contributed by atoms with Crippen molar-refractivity contribution in [2.45, 2.75) is 26.4 Å². The topological polar surface area (TPSA) is 69.9 Å². The molecule has 2 rings (SSSR count). The lowest BCUT2D eigenvalue weighted by atomic mass is 10.1. The predicted molar refractivity (Wildman–Crippen MR) is 76.4 cm³/mol. The number of aryl methyl sites for hydroxylation is 1. The van der Waals surface area contributed by atoms with E-state index < -0.39 is 6.04 Å². The van der Waals surface area contributed by atoms with Crippen LogP contribution in [0.5, 0.6) is 0 Å². The SMILES string of the molecule is CC(=O)N1CCN(C)CC1C(=O)N(C)Cc1cc(C)on1. The molecule has 0 saturated carbocycles. The standard InChI is InChI=1S/C14H22N4O3/c1-10-7-12(15-21-10)8-17(4)14(20)13-9-16(3)5-6-18(13)11(2)19/h7,13H,5-6,8-9H2,1-4H3. The first-order chi connectivity index (χ1) is 9.88. The average Bonchev–Trinajstić information content (AvgIpc) is 2.82. The van der Waals surface area contributed by atoms with E-state index in [-0.39, 0.29) is 11.8 Å². The molecule has 7 heteroatoms. The average molecular weight is 294 g/mol. The highest BCUT2D eigenvalue weighted by Gasteiger charge is 2.34. The maximum Gasteiger partial charge on any atom is 0.246 e. The second-order valence-electron chi connectivity index (χ2n) is 5.61. The van der Waals surface area contributed by atoms with E-state index in [2.05, 4.69) is 10.1 Å². The van der Waals surface area contributed by atoms with Gasteiger partial charge in [0.15, 0.2) is 0 Å². The second-order valence-corrected chi connectivity index (χ2v) is 5.61. The van der Waals surface area contributed by atoms with E-state index in [4.69, 9.17) is 4.52 Å². The molecule has 1 unspecified atom stereocenters. The summed E-state index contributed by atoms with van der Waals surface area (Å²) in [5, 5.41) is 3.89. The monoisotopic (exact) mass is 294 g/mol. The summed E-state index contributed by atoms with van der Waals surface area (Å²) in [6, 6.07) is 1.37. The third-order valence-electron chi connectivity index (χ3n) is 3.73. The molecule has 116 valence electrons. The maximum absolute atomic E-state index is 12.6. The quantitative estimate of drug-likeness (QED) is 0.791. The number of amides is 2. The summed E-state index contributed by atoms with van der Waals surface area (Å²) in [6.45, 7) is 5.62. The van der Waals surface area contributed by atoms with Crippen LogP contribution in [0.1, 0.15) is 18.4 Å². The fraction of sp³-hybridized carbons (Fsp3) is 0.643. The molecule has 1 aliphatic rings. The molecule has 1 aliphatic heterocycles. The van der Waals surface area contributed by atoms with Gasteiger partial charge in [0.05, 0.1) is 6.54 Å². The van der Waals surface area contributed by atoms with Crippen LogP contribution in [0.2, 0.25) is 0 Å². The Morgan fingerprint density at radius 2 is 2.19 bits per heavy atom. The van der Waals surface area contributed by atoms with Crippen molar-refractivity contribution < 1.29 is 14.1 Å². The van der Waals surface area contributed by atoms with Gasteiger partial charge in [-0.2, -0.15) is 0 Å². The van der Waals surface area contributed by atoms with Crippen LogP contribution >= 0.6 is 0 Å². The number of nitrogens with zero attached hydrogens (tertiary/aromatic N) is 4. The van der Waals surface area contributed by atoms with Gasteiger partial charge in [-0.25, -0.2) is 0 Å². The molecule has 0 aromatic carbocycles. The zero-order valence-corrected chi connectivity index (χ0v) is 13.0. The number of hydrogen-bond donors (Lipinski definition) is 0. The molecule has 1 atom stereocenters. The molecule has 0 aliphatic carbocycles. The van der Waals surface area contributed by atoms with Gasteiger partial charge in [-0.1, -0.05) is 5.16 Å². The third kappa shape index (κ3) is 3.60. The Morgan fingerprint density at radius 3 is 2.76 bits per heavy atom. The summed E-state index contributed by atoms with van der Waals surface area (Å²) in [6.07, 6.45) is 0. The summed E-state index contributed by atoms with van der Waals surface area (Å²) < 4.78 is 5.01. The first-order valence-corrected chi connectivity index (χ1v) is 7.01. The number of piperazine rings is 1. The molecule has 1 saturated heterocycles. The molecular weight excluding hydrogens is 272 g/mol. The lowest BCUT2D eigenvalue weighted by Gasteiger charge is -2.40. The molecule has 0 bridgehead atoms. The van der Waals surface area contributed by atoms with Crippen LogP contribution in [0.3, 0.4) is 0 Å². The zero-order valence-electron chi connectivity index (χ0n) is 13.0. The van der Waals surface area contributed by atoms with Crippen molar-refractivity contribution in [1.82, 2.24) is 19.9 Å². The van der Waals surface area contributed by atoms with Crippen molar-refractivity contribution >= 4 is 11.8 Å². The largest absolute Gasteiger partial charge is 0.361 e. The molecular formula is C14H22N4O3. The number of rotatable bonds is 3. The van der Waals surface area contributed by atoms with Crippen molar-refractivity contribution in [3.05, 3.63) is 17.5 Å². The van der Waals surface area contributed by atoms with Gasteiger partial charge in [0, 0.05) is 39.7 Å². The number of carbonyl (C=O) groups excluding carboxylic acids is 2. The number of carbonyl (C=O) groups is 2. The van der Waals surface area contributed by atoms with Crippen molar-refractivity contribution in [3.8, 4) is 0 Å². The smallest absolute Gasteiger partial charge is 0.246 e. The zero-order chi connectivity index (χ0) is 15.6. The summed E-state index contributed by atoms with van der Waals surface area (Å²) in [5.41, 5.74) is 0.710. The van der Waals surface area contributed by atoms with E-state index in [0.29, 0.717) is 31.1 Å². The van der Waals surface area contributed by atoms with Gasteiger partial charge in [-0.15, -0.1) is 0 Å². The fourth-order valence-corrected chi connectivity index (χ4v) is 2.58. The Hall–Kier alpha value is -1.89. The Bertz CT molecular complexity index is 528. The minimum atomic E-state index is -0.431.